The molecule has 1 aliphatic rings. The van der Waals surface area contributed by atoms with Crippen LogP contribution in [-0.2, 0) is 6.42 Å². The van der Waals surface area contributed by atoms with Gasteiger partial charge in [-0.15, -0.1) is 0 Å². The molecule has 3 aromatic rings. The molecule has 0 bridgehead atoms. The van der Waals surface area contributed by atoms with E-state index in [1.807, 2.05) is 18.2 Å². The van der Waals surface area contributed by atoms with Gasteiger partial charge in [0.1, 0.15) is 5.69 Å². The summed E-state index contributed by atoms with van der Waals surface area (Å²) in [6.45, 7) is 0. The zero-order valence-electron chi connectivity index (χ0n) is 12.2. The smallest absolute Gasteiger partial charge is 0.220 e. The minimum Gasteiger partial charge on any atom is -0.462 e. The molecule has 0 fully saturated rings. The number of nitrogens with two attached hydrogens (primary N) is 1. The summed E-state index contributed by atoms with van der Waals surface area (Å²) in [4.78, 5) is 8.13. The fourth-order valence-corrected chi connectivity index (χ4v) is 2.98. The zero-order chi connectivity index (χ0) is 15.8. The first-order valence-corrected chi connectivity index (χ1v) is 7.27. The number of aromatic nitrogens is 2. The quantitative estimate of drug-likeness (QED) is 0.560. The van der Waals surface area contributed by atoms with E-state index in [-0.39, 0.29) is 5.95 Å². The van der Waals surface area contributed by atoms with Crippen molar-refractivity contribution in [2.45, 2.75) is 12.8 Å². The van der Waals surface area contributed by atoms with E-state index >= 15 is 0 Å². The van der Waals surface area contributed by atoms with Crippen molar-refractivity contribution in [3.8, 4) is 22.6 Å². The monoisotopic (exact) mass is 306 g/mol. The number of fused-ring (bicyclic) bond motifs is 1. The molecule has 2 heterocycles. The third kappa shape index (κ3) is 2.24. The SMILES string of the molecule is Nc1nccc(-c2occc2-c2ccc3c(c2)CC/C3=N\O)n1. The van der Waals surface area contributed by atoms with E-state index in [2.05, 4.69) is 21.2 Å². The Hall–Kier alpha value is -3.15. The summed E-state index contributed by atoms with van der Waals surface area (Å²) >= 11 is 0. The van der Waals surface area contributed by atoms with E-state index in [1.165, 1.54) is 5.56 Å². The largest absolute Gasteiger partial charge is 0.462 e. The molecule has 0 amide bonds. The van der Waals surface area contributed by atoms with Crippen LogP contribution in [0.1, 0.15) is 17.5 Å². The van der Waals surface area contributed by atoms with Gasteiger partial charge in [-0.1, -0.05) is 23.4 Å². The van der Waals surface area contributed by atoms with Gasteiger partial charge < -0.3 is 15.4 Å². The van der Waals surface area contributed by atoms with Crippen molar-refractivity contribution in [2.24, 2.45) is 5.16 Å². The summed E-state index contributed by atoms with van der Waals surface area (Å²) in [5.41, 5.74) is 11.2. The van der Waals surface area contributed by atoms with Crippen molar-refractivity contribution in [1.29, 1.82) is 0 Å². The average molecular weight is 306 g/mol. The summed E-state index contributed by atoms with van der Waals surface area (Å²) in [6.07, 6.45) is 4.87. The molecule has 0 radical (unpaired) electrons. The fourth-order valence-electron chi connectivity index (χ4n) is 2.98. The van der Waals surface area contributed by atoms with Crippen LogP contribution in [0.25, 0.3) is 22.6 Å². The van der Waals surface area contributed by atoms with Gasteiger partial charge in [0.15, 0.2) is 5.76 Å². The zero-order valence-corrected chi connectivity index (χ0v) is 12.2. The number of nitrogen functional groups attached to an aromatic ring is 1. The summed E-state index contributed by atoms with van der Waals surface area (Å²) < 4.78 is 5.61. The lowest BCUT2D eigenvalue weighted by Crippen LogP contribution is -1.95. The van der Waals surface area contributed by atoms with E-state index in [4.69, 9.17) is 15.4 Å². The molecule has 0 aliphatic heterocycles. The lowest BCUT2D eigenvalue weighted by Gasteiger charge is -2.06. The Bertz CT molecular complexity index is 914. The van der Waals surface area contributed by atoms with Gasteiger partial charge in [0.25, 0.3) is 0 Å². The minimum atomic E-state index is 0.211. The third-order valence-corrected chi connectivity index (χ3v) is 4.05. The number of rotatable bonds is 2. The summed E-state index contributed by atoms with van der Waals surface area (Å²) in [6, 6.07) is 9.76. The van der Waals surface area contributed by atoms with Gasteiger partial charge >= 0.3 is 0 Å². The first kappa shape index (κ1) is 13.5. The minimum absolute atomic E-state index is 0.211. The molecule has 2 aromatic heterocycles. The molecular weight excluding hydrogens is 292 g/mol. The maximum Gasteiger partial charge on any atom is 0.220 e. The second-order valence-electron chi connectivity index (χ2n) is 5.38. The lowest BCUT2D eigenvalue weighted by molar-refractivity contribution is 0.318. The van der Waals surface area contributed by atoms with Crippen LogP contribution in [0, 0.1) is 0 Å². The highest BCUT2D eigenvalue weighted by Crippen LogP contribution is 2.35. The predicted octanol–water partition coefficient (Wildman–Crippen LogP) is 3.11. The Labute approximate surface area is 132 Å². The second kappa shape index (κ2) is 5.24. The molecule has 6 heteroatoms. The summed E-state index contributed by atoms with van der Waals surface area (Å²) in [5, 5.41) is 12.4. The van der Waals surface area contributed by atoms with Gasteiger partial charge in [0.2, 0.25) is 5.95 Å². The molecule has 0 saturated carbocycles. The number of aryl methyl sites for hydroxylation is 1. The molecule has 0 saturated heterocycles. The Morgan fingerprint density at radius 1 is 1.13 bits per heavy atom. The number of benzene rings is 1. The molecule has 114 valence electrons. The molecule has 0 unspecified atom stereocenters. The van der Waals surface area contributed by atoms with Crippen molar-refractivity contribution >= 4 is 11.7 Å². The van der Waals surface area contributed by atoms with Crippen LogP contribution in [0.3, 0.4) is 0 Å². The standard InChI is InChI=1S/C17H14N4O2/c18-17-19-7-5-15(20-17)16-13(6-8-23-16)11-1-3-12-10(9-11)2-4-14(12)21-22/h1,3,5-9,22H,2,4H2,(H2,18,19,20)/b21-14+. The Balaban J connectivity index is 1.80. The molecule has 3 N–H and O–H groups in total. The van der Waals surface area contributed by atoms with Crippen LogP contribution in [0.4, 0.5) is 5.95 Å². The highest BCUT2D eigenvalue weighted by molar-refractivity contribution is 6.04. The van der Waals surface area contributed by atoms with Crippen molar-refractivity contribution in [3.05, 3.63) is 53.9 Å². The van der Waals surface area contributed by atoms with Gasteiger partial charge in [-0.05, 0) is 36.1 Å². The van der Waals surface area contributed by atoms with Crippen LogP contribution >= 0.6 is 0 Å². The van der Waals surface area contributed by atoms with Crippen LogP contribution in [0.15, 0.2) is 52.4 Å². The molecular formula is C17H14N4O2. The third-order valence-electron chi connectivity index (χ3n) is 4.05. The molecule has 1 aliphatic carbocycles. The number of nitrogens with zero attached hydrogens (tertiary/aromatic N) is 3. The van der Waals surface area contributed by atoms with Gasteiger partial charge in [-0.2, -0.15) is 0 Å². The van der Waals surface area contributed by atoms with Crippen molar-refractivity contribution in [2.75, 3.05) is 5.73 Å². The average Bonchev–Trinajstić information content (AvgIpc) is 3.21. The van der Waals surface area contributed by atoms with E-state index in [0.29, 0.717) is 11.5 Å². The first-order chi connectivity index (χ1) is 11.3. The maximum atomic E-state index is 9.03. The van der Waals surface area contributed by atoms with Crippen LogP contribution in [0.2, 0.25) is 0 Å². The van der Waals surface area contributed by atoms with E-state index in [0.717, 1.165) is 35.2 Å². The van der Waals surface area contributed by atoms with Gasteiger partial charge in [-0.3, -0.25) is 0 Å². The number of hydrogen-bond donors (Lipinski definition) is 2. The van der Waals surface area contributed by atoms with Gasteiger partial charge in [-0.25, -0.2) is 9.97 Å². The molecule has 1 aromatic carbocycles. The molecule has 23 heavy (non-hydrogen) atoms. The van der Waals surface area contributed by atoms with Crippen molar-refractivity contribution < 1.29 is 9.62 Å². The fraction of sp³-hybridized carbons (Fsp3) is 0.118. The van der Waals surface area contributed by atoms with E-state index in [9.17, 15) is 0 Å². The van der Waals surface area contributed by atoms with E-state index in [1.54, 1.807) is 18.5 Å². The molecule has 6 nitrogen and oxygen atoms in total. The highest BCUT2D eigenvalue weighted by atomic mass is 16.4. The molecule has 0 atom stereocenters. The van der Waals surface area contributed by atoms with Crippen LogP contribution < -0.4 is 5.73 Å². The first-order valence-electron chi connectivity index (χ1n) is 7.27. The second-order valence-corrected chi connectivity index (χ2v) is 5.38. The molecule has 4 rings (SSSR count). The van der Waals surface area contributed by atoms with Crippen molar-refractivity contribution in [3.63, 3.8) is 0 Å². The Kier molecular flexibility index (Phi) is 3.08. The number of hydrogen-bond acceptors (Lipinski definition) is 6. The summed E-state index contributed by atoms with van der Waals surface area (Å²) in [7, 11) is 0. The van der Waals surface area contributed by atoms with E-state index < -0.39 is 0 Å². The van der Waals surface area contributed by atoms with Crippen molar-refractivity contribution in [1.82, 2.24) is 9.97 Å². The number of anilines is 1. The van der Waals surface area contributed by atoms with Crippen LogP contribution in [0.5, 0.6) is 0 Å². The summed E-state index contributed by atoms with van der Waals surface area (Å²) in [5.74, 6) is 0.871. The molecule has 0 spiro atoms. The number of oxime groups is 1. The topological polar surface area (TPSA) is 97.5 Å². The Morgan fingerprint density at radius 3 is 2.87 bits per heavy atom. The lowest BCUT2D eigenvalue weighted by atomic mass is 10.00. The predicted molar refractivity (Wildman–Crippen MR) is 86.2 cm³/mol. The normalized spacial score (nSPS) is 15.0. The number of furan rings is 1. The van der Waals surface area contributed by atoms with Crippen LogP contribution in [-0.4, -0.2) is 20.9 Å². The Morgan fingerprint density at radius 2 is 2.04 bits per heavy atom. The highest BCUT2D eigenvalue weighted by Gasteiger charge is 2.20. The van der Waals surface area contributed by atoms with Gasteiger partial charge in [0, 0.05) is 17.3 Å². The maximum absolute atomic E-state index is 9.03. The van der Waals surface area contributed by atoms with Gasteiger partial charge in [0.05, 0.1) is 12.0 Å².